The van der Waals surface area contributed by atoms with Crippen molar-refractivity contribution >= 4 is 33.4 Å². The maximum absolute atomic E-state index is 2.53. The molecule has 256 valence electrons. The van der Waals surface area contributed by atoms with Crippen molar-refractivity contribution in [2.24, 2.45) is 0 Å². The molecule has 53 heavy (non-hydrogen) atoms. The zero-order chi connectivity index (χ0) is 35.9. The monoisotopic (exact) mass is 681 g/mol. The van der Waals surface area contributed by atoms with Gasteiger partial charge in [0.05, 0.1) is 5.69 Å². The van der Waals surface area contributed by atoms with Gasteiger partial charge >= 0.3 is 0 Å². The summed E-state index contributed by atoms with van der Waals surface area (Å²) in [5, 5.41) is 2.52. The summed E-state index contributed by atoms with van der Waals surface area (Å²) in [6.07, 6.45) is 6.96. The first-order valence-corrected chi connectivity index (χ1v) is 19.1. The SMILES string of the molecule is CC1(C)C2=C(CCC=C2)c2ccc(N(c3ccc4c(c3)C(C)(C)c3ccccc3-4)c3ccccc3-c3cccc4cccc(-c5ccccc5)c34)cc21. The summed E-state index contributed by atoms with van der Waals surface area (Å²) in [6.45, 7) is 9.57. The van der Waals surface area contributed by atoms with E-state index in [9.17, 15) is 0 Å². The highest BCUT2D eigenvalue weighted by Crippen LogP contribution is 2.54. The first-order valence-electron chi connectivity index (χ1n) is 19.1. The van der Waals surface area contributed by atoms with Crippen LogP contribution in [-0.4, -0.2) is 0 Å². The third-order valence-electron chi connectivity index (χ3n) is 12.4. The lowest BCUT2D eigenvalue weighted by atomic mass is 9.80. The van der Waals surface area contributed by atoms with Crippen LogP contribution in [0.4, 0.5) is 17.1 Å². The third-order valence-corrected chi connectivity index (χ3v) is 12.4. The van der Waals surface area contributed by atoms with Crippen molar-refractivity contribution in [3.8, 4) is 33.4 Å². The van der Waals surface area contributed by atoms with Gasteiger partial charge in [-0.25, -0.2) is 0 Å². The number of para-hydroxylation sites is 1. The van der Waals surface area contributed by atoms with Crippen molar-refractivity contribution in [1.82, 2.24) is 0 Å². The predicted octanol–water partition coefficient (Wildman–Crippen LogP) is 14.3. The molecule has 10 rings (SSSR count). The summed E-state index contributed by atoms with van der Waals surface area (Å²) in [5.41, 5.74) is 19.6. The lowest BCUT2D eigenvalue weighted by Gasteiger charge is -2.31. The standard InChI is InChI=1S/C52H43N/c1-51(2)45-25-11-8-20-39(45)41-30-28-36(32-47(41)51)53(37-29-31-42-40-21-9-12-26-46(40)52(3,4)48(42)33-37)49-27-13-10-22-43(49)44-24-15-19-35-18-14-23-38(50(35)44)34-16-6-5-7-17-34/h5-8,10-20,22-33H,9,21H2,1-4H3. The highest BCUT2D eigenvalue weighted by molar-refractivity contribution is 6.09. The molecule has 0 heterocycles. The summed E-state index contributed by atoms with van der Waals surface area (Å²) >= 11 is 0. The van der Waals surface area contributed by atoms with Crippen molar-refractivity contribution in [2.45, 2.75) is 51.4 Å². The highest BCUT2D eigenvalue weighted by Gasteiger charge is 2.39. The van der Waals surface area contributed by atoms with Crippen molar-refractivity contribution in [3.05, 3.63) is 192 Å². The Bertz CT molecular complexity index is 2660. The molecule has 0 spiro atoms. The van der Waals surface area contributed by atoms with Crippen LogP contribution in [0.1, 0.15) is 62.8 Å². The zero-order valence-corrected chi connectivity index (χ0v) is 30.9. The van der Waals surface area contributed by atoms with E-state index < -0.39 is 0 Å². The Labute approximate surface area is 313 Å². The molecule has 0 aromatic heterocycles. The molecule has 0 atom stereocenters. The lowest BCUT2D eigenvalue weighted by molar-refractivity contribution is 0.651. The van der Waals surface area contributed by atoms with Crippen LogP contribution < -0.4 is 4.90 Å². The molecule has 0 amide bonds. The maximum Gasteiger partial charge on any atom is 0.0540 e. The van der Waals surface area contributed by atoms with Crippen LogP contribution in [0.5, 0.6) is 0 Å². The number of anilines is 3. The maximum atomic E-state index is 2.53. The van der Waals surface area contributed by atoms with Crippen molar-refractivity contribution in [2.75, 3.05) is 4.90 Å². The van der Waals surface area contributed by atoms with E-state index in [1.165, 1.54) is 94.6 Å². The Hall–Kier alpha value is -5.92. The van der Waals surface area contributed by atoms with Gasteiger partial charge in [0.2, 0.25) is 0 Å². The molecular weight excluding hydrogens is 639 g/mol. The smallest absolute Gasteiger partial charge is 0.0540 e. The van der Waals surface area contributed by atoms with E-state index >= 15 is 0 Å². The van der Waals surface area contributed by atoms with Crippen LogP contribution in [0.3, 0.4) is 0 Å². The molecule has 1 nitrogen and oxygen atoms in total. The Morgan fingerprint density at radius 1 is 0.472 bits per heavy atom. The van der Waals surface area contributed by atoms with Crippen LogP contribution in [-0.2, 0) is 10.8 Å². The molecular formula is C52H43N. The van der Waals surface area contributed by atoms with Crippen molar-refractivity contribution in [1.29, 1.82) is 0 Å². The van der Waals surface area contributed by atoms with Gasteiger partial charge in [-0.15, -0.1) is 0 Å². The van der Waals surface area contributed by atoms with E-state index in [0.717, 1.165) is 12.8 Å². The van der Waals surface area contributed by atoms with Gasteiger partial charge in [-0.2, -0.15) is 0 Å². The number of allylic oxidation sites excluding steroid dienone is 4. The van der Waals surface area contributed by atoms with Gasteiger partial charge in [0.25, 0.3) is 0 Å². The number of hydrogen-bond acceptors (Lipinski definition) is 1. The van der Waals surface area contributed by atoms with Crippen molar-refractivity contribution in [3.63, 3.8) is 0 Å². The summed E-state index contributed by atoms with van der Waals surface area (Å²) < 4.78 is 0. The molecule has 3 aliphatic rings. The predicted molar refractivity (Wildman–Crippen MR) is 225 cm³/mol. The first kappa shape index (κ1) is 31.8. The number of fused-ring (bicyclic) bond motifs is 6. The second-order valence-electron chi connectivity index (χ2n) is 16.0. The Morgan fingerprint density at radius 2 is 1.08 bits per heavy atom. The van der Waals surface area contributed by atoms with E-state index in [4.69, 9.17) is 0 Å². The van der Waals surface area contributed by atoms with Gasteiger partial charge in [0, 0.05) is 27.8 Å². The Kier molecular flexibility index (Phi) is 7.08. The van der Waals surface area contributed by atoms with Crippen LogP contribution in [0.2, 0.25) is 0 Å². The normalized spacial score (nSPS) is 15.9. The number of hydrogen-bond donors (Lipinski definition) is 0. The zero-order valence-electron chi connectivity index (χ0n) is 30.9. The average molecular weight is 682 g/mol. The topological polar surface area (TPSA) is 3.24 Å². The summed E-state index contributed by atoms with van der Waals surface area (Å²) in [4.78, 5) is 2.53. The van der Waals surface area contributed by atoms with E-state index in [1.807, 2.05) is 0 Å². The number of nitrogens with zero attached hydrogens (tertiary/aromatic N) is 1. The molecule has 0 unspecified atom stereocenters. The van der Waals surface area contributed by atoms with Crippen LogP contribution in [0.15, 0.2) is 169 Å². The first-order chi connectivity index (χ1) is 25.8. The van der Waals surface area contributed by atoms with Crippen LogP contribution >= 0.6 is 0 Å². The minimum absolute atomic E-state index is 0.0649. The Morgan fingerprint density at radius 3 is 1.85 bits per heavy atom. The van der Waals surface area contributed by atoms with E-state index in [1.54, 1.807) is 0 Å². The summed E-state index contributed by atoms with van der Waals surface area (Å²) in [6, 6.07) is 56.7. The molecule has 0 N–H and O–H groups in total. The quantitative estimate of drug-likeness (QED) is 0.175. The van der Waals surface area contributed by atoms with Gasteiger partial charge in [-0.1, -0.05) is 161 Å². The van der Waals surface area contributed by atoms with Gasteiger partial charge in [-0.05, 0) is 115 Å². The van der Waals surface area contributed by atoms with Crippen molar-refractivity contribution < 1.29 is 0 Å². The average Bonchev–Trinajstić information content (AvgIpc) is 3.57. The molecule has 7 aromatic carbocycles. The lowest BCUT2D eigenvalue weighted by Crippen LogP contribution is -2.19. The van der Waals surface area contributed by atoms with E-state index in [0.29, 0.717) is 0 Å². The summed E-state index contributed by atoms with van der Waals surface area (Å²) in [7, 11) is 0. The minimum atomic E-state index is -0.109. The second-order valence-corrected chi connectivity index (χ2v) is 16.0. The number of benzene rings is 7. The molecule has 7 aromatic rings. The van der Waals surface area contributed by atoms with Crippen LogP contribution in [0.25, 0.3) is 49.7 Å². The molecule has 3 aliphatic carbocycles. The molecule has 0 fully saturated rings. The van der Waals surface area contributed by atoms with Gasteiger partial charge in [0.1, 0.15) is 0 Å². The van der Waals surface area contributed by atoms with Gasteiger partial charge < -0.3 is 4.90 Å². The third kappa shape index (κ3) is 4.76. The fraction of sp³-hybridized carbons (Fsp3) is 0.154. The molecule has 0 radical (unpaired) electrons. The largest absolute Gasteiger partial charge is 0.310 e. The van der Waals surface area contributed by atoms with Gasteiger partial charge in [-0.3, -0.25) is 0 Å². The Balaban J connectivity index is 1.22. The number of rotatable bonds is 5. The molecule has 1 heteroatoms. The van der Waals surface area contributed by atoms with Gasteiger partial charge in [0.15, 0.2) is 0 Å². The fourth-order valence-corrected chi connectivity index (χ4v) is 9.70. The highest BCUT2D eigenvalue weighted by atomic mass is 15.1. The molecule has 0 saturated heterocycles. The molecule has 0 saturated carbocycles. The second kappa shape index (κ2) is 11.8. The van der Waals surface area contributed by atoms with Crippen LogP contribution in [0, 0.1) is 0 Å². The van der Waals surface area contributed by atoms with E-state index in [-0.39, 0.29) is 10.8 Å². The molecule has 0 aliphatic heterocycles. The minimum Gasteiger partial charge on any atom is -0.310 e. The summed E-state index contributed by atoms with van der Waals surface area (Å²) in [5.74, 6) is 0. The fourth-order valence-electron chi connectivity index (χ4n) is 9.70. The molecule has 0 bridgehead atoms. The van der Waals surface area contributed by atoms with E-state index in [2.05, 4.69) is 196 Å².